The van der Waals surface area contributed by atoms with E-state index in [9.17, 15) is 9.59 Å². The summed E-state index contributed by atoms with van der Waals surface area (Å²) in [5.74, 6) is 0.415. The molecular formula is C24H37N5O3. The Bertz CT molecular complexity index is 992. The summed E-state index contributed by atoms with van der Waals surface area (Å²) in [7, 11) is 1.63. The van der Waals surface area contributed by atoms with Crippen LogP contribution in [0.2, 0.25) is 0 Å². The molecule has 8 heteroatoms. The van der Waals surface area contributed by atoms with E-state index in [1.165, 1.54) is 0 Å². The van der Waals surface area contributed by atoms with Crippen LogP contribution >= 0.6 is 0 Å². The molecule has 1 aliphatic rings. The van der Waals surface area contributed by atoms with E-state index < -0.39 is 0 Å². The molecule has 8 nitrogen and oxygen atoms in total. The van der Waals surface area contributed by atoms with E-state index in [1.807, 2.05) is 57.0 Å². The lowest BCUT2D eigenvalue weighted by Gasteiger charge is -2.25. The molecule has 1 N–H and O–H groups in total. The highest BCUT2D eigenvalue weighted by Crippen LogP contribution is 2.30. The van der Waals surface area contributed by atoms with Crippen LogP contribution in [0.15, 0.2) is 6.07 Å². The van der Waals surface area contributed by atoms with Gasteiger partial charge in [0.25, 0.3) is 0 Å². The van der Waals surface area contributed by atoms with E-state index in [0.29, 0.717) is 26.0 Å². The largest absolute Gasteiger partial charge is 0.383 e. The van der Waals surface area contributed by atoms with Crippen molar-refractivity contribution in [3.05, 3.63) is 28.7 Å². The average molecular weight is 444 g/mol. The second kappa shape index (κ2) is 9.57. The maximum Gasteiger partial charge on any atom is 0.227 e. The maximum atomic E-state index is 12.6. The fourth-order valence-electron chi connectivity index (χ4n) is 4.44. The summed E-state index contributed by atoms with van der Waals surface area (Å²) in [6.45, 7) is 13.8. The van der Waals surface area contributed by atoms with Crippen LogP contribution in [-0.4, -0.2) is 64.2 Å². The van der Waals surface area contributed by atoms with E-state index in [4.69, 9.17) is 14.8 Å². The lowest BCUT2D eigenvalue weighted by atomic mass is 9.95. The first-order valence-electron chi connectivity index (χ1n) is 11.4. The van der Waals surface area contributed by atoms with Crippen molar-refractivity contribution >= 4 is 17.5 Å². The van der Waals surface area contributed by atoms with E-state index in [0.717, 1.165) is 41.3 Å². The standard InChI is InChI=1S/C24H37N5O3/c1-15(14-32-7)25-22(30)9-8-19-16(2)26-21-12-20(27-29(21)17(19)3)18-10-11-28(13-18)23(31)24(4,5)6/h12,15,18H,8-11,13-14H2,1-7H3,(H,25,30)/t15-,18-/m0/s1. The summed E-state index contributed by atoms with van der Waals surface area (Å²) in [6.07, 6.45) is 1.92. The summed E-state index contributed by atoms with van der Waals surface area (Å²) in [6, 6.07) is 2.03. The first-order valence-corrected chi connectivity index (χ1v) is 11.4. The molecule has 3 rings (SSSR count). The van der Waals surface area contributed by atoms with E-state index in [1.54, 1.807) is 7.11 Å². The van der Waals surface area contributed by atoms with Gasteiger partial charge in [0.15, 0.2) is 5.65 Å². The van der Waals surface area contributed by atoms with Crippen molar-refractivity contribution in [1.82, 2.24) is 24.8 Å². The Balaban J connectivity index is 1.74. The predicted molar refractivity (Wildman–Crippen MR) is 124 cm³/mol. The molecule has 1 fully saturated rings. The highest BCUT2D eigenvalue weighted by molar-refractivity contribution is 5.81. The molecule has 0 unspecified atom stereocenters. The van der Waals surface area contributed by atoms with Gasteiger partial charge < -0.3 is 15.0 Å². The van der Waals surface area contributed by atoms with Gasteiger partial charge in [-0.1, -0.05) is 20.8 Å². The summed E-state index contributed by atoms with van der Waals surface area (Å²) in [5.41, 5.74) is 4.42. The quantitative estimate of drug-likeness (QED) is 0.711. The molecule has 0 aromatic carbocycles. The highest BCUT2D eigenvalue weighted by atomic mass is 16.5. The fraction of sp³-hybridized carbons (Fsp3) is 0.667. The van der Waals surface area contributed by atoms with Gasteiger partial charge in [-0.2, -0.15) is 5.10 Å². The third-order valence-electron chi connectivity index (χ3n) is 6.14. The minimum Gasteiger partial charge on any atom is -0.383 e. The Kier molecular flexibility index (Phi) is 7.22. The third-order valence-corrected chi connectivity index (χ3v) is 6.14. The molecule has 2 aromatic rings. The van der Waals surface area contributed by atoms with Crippen molar-refractivity contribution in [3.8, 4) is 0 Å². The summed E-state index contributed by atoms with van der Waals surface area (Å²) in [5, 5.41) is 7.80. The minimum absolute atomic E-state index is 0.00386. The van der Waals surface area contributed by atoms with Crippen LogP contribution in [0.4, 0.5) is 0 Å². The number of rotatable bonds is 7. The predicted octanol–water partition coefficient (Wildman–Crippen LogP) is 2.79. The molecule has 32 heavy (non-hydrogen) atoms. The number of hydrogen-bond acceptors (Lipinski definition) is 5. The van der Waals surface area contributed by atoms with Crippen molar-refractivity contribution < 1.29 is 14.3 Å². The van der Waals surface area contributed by atoms with Crippen LogP contribution in [0.25, 0.3) is 5.65 Å². The van der Waals surface area contributed by atoms with Crippen LogP contribution in [0.1, 0.15) is 69.1 Å². The van der Waals surface area contributed by atoms with Crippen molar-refractivity contribution in [2.75, 3.05) is 26.8 Å². The Morgan fingerprint density at radius 1 is 1.31 bits per heavy atom. The molecule has 176 valence electrons. The van der Waals surface area contributed by atoms with Gasteiger partial charge in [0, 0.05) is 61.4 Å². The molecule has 0 spiro atoms. The zero-order valence-electron chi connectivity index (χ0n) is 20.5. The van der Waals surface area contributed by atoms with Gasteiger partial charge in [-0.25, -0.2) is 9.50 Å². The third kappa shape index (κ3) is 5.28. The number of ether oxygens (including phenoxy) is 1. The number of likely N-dealkylation sites (tertiary alicyclic amines) is 1. The van der Waals surface area contributed by atoms with Crippen LogP contribution in [-0.2, 0) is 20.7 Å². The molecule has 3 heterocycles. The van der Waals surface area contributed by atoms with Gasteiger partial charge in [0.2, 0.25) is 11.8 Å². The minimum atomic E-state index is -0.369. The lowest BCUT2D eigenvalue weighted by molar-refractivity contribution is -0.138. The van der Waals surface area contributed by atoms with Crippen molar-refractivity contribution in [1.29, 1.82) is 0 Å². The van der Waals surface area contributed by atoms with Gasteiger partial charge in [-0.15, -0.1) is 0 Å². The summed E-state index contributed by atoms with van der Waals surface area (Å²) >= 11 is 0. The second-order valence-electron chi connectivity index (χ2n) is 10.0. The number of methoxy groups -OCH3 is 1. The molecule has 2 amide bonds. The average Bonchev–Trinajstić information content (AvgIpc) is 3.33. The topological polar surface area (TPSA) is 88.8 Å². The van der Waals surface area contributed by atoms with E-state index >= 15 is 0 Å². The number of nitrogens with one attached hydrogen (secondary N) is 1. The van der Waals surface area contributed by atoms with Gasteiger partial charge in [0.05, 0.1) is 12.3 Å². The number of aryl methyl sites for hydroxylation is 2. The smallest absolute Gasteiger partial charge is 0.227 e. The van der Waals surface area contributed by atoms with Crippen LogP contribution < -0.4 is 5.32 Å². The first kappa shape index (κ1) is 24.2. The second-order valence-corrected chi connectivity index (χ2v) is 10.0. The van der Waals surface area contributed by atoms with Crippen molar-refractivity contribution in [2.24, 2.45) is 5.41 Å². The van der Waals surface area contributed by atoms with Crippen LogP contribution in [0, 0.1) is 19.3 Å². The zero-order valence-corrected chi connectivity index (χ0v) is 20.5. The number of carbonyl (C=O) groups is 2. The molecule has 2 atom stereocenters. The molecular weight excluding hydrogens is 406 g/mol. The summed E-state index contributed by atoms with van der Waals surface area (Å²) < 4.78 is 6.96. The Hall–Kier alpha value is -2.48. The summed E-state index contributed by atoms with van der Waals surface area (Å²) in [4.78, 5) is 31.6. The Labute approximate surface area is 190 Å². The molecule has 0 aliphatic carbocycles. The molecule has 1 saturated heterocycles. The zero-order chi connectivity index (χ0) is 23.6. The number of nitrogens with zero attached hydrogens (tertiary/aromatic N) is 4. The SMILES string of the molecule is COC[C@H](C)NC(=O)CCc1c(C)nc2cc([C@H]3CCN(C(=O)C(C)(C)C)C3)nn2c1C. The normalized spacial score (nSPS) is 17.7. The van der Waals surface area contributed by atoms with Gasteiger partial charge >= 0.3 is 0 Å². The molecule has 2 aromatic heterocycles. The van der Waals surface area contributed by atoms with Gasteiger partial charge in [0.1, 0.15) is 0 Å². The molecule has 0 bridgehead atoms. The van der Waals surface area contributed by atoms with Crippen LogP contribution in [0.5, 0.6) is 0 Å². The fourth-order valence-corrected chi connectivity index (χ4v) is 4.44. The Morgan fingerprint density at radius 3 is 2.69 bits per heavy atom. The van der Waals surface area contributed by atoms with Gasteiger partial charge in [-0.3, -0.25) is 9.59 Å². The first-order chi connectivity index (χ1) is 15.0. The molecule has 0 saturated carbocycles. The van der Waals surface area contributed by atoms with Crippen molar-refractivity contribution in [2.45, 2.75) is 72.8 Å². The molecule has 1 aliphatic heterocycles. The van der Waals surface area contributed by atoms with Gasteiger partial charge in [-0.05, 0) is 39.2 Å². The van der Waals surface area contributed by atoms with Crippen LogP contribution in [0.3, 0.4) is 0 Å². The lowest BCUT2D eigenvalue weighted by Crippen LogP contribution is -2.37. The molecule has 0 radical (unpaired) electrons. The number of hydrogen-bond donors (Lipinski definition) is 1. The monoisotopic (exact) mass is 443 g/mol. The number of amides is 2. The van der Waals surface area contributed by atoms with E-state index in [-0.39, 0.29) is 29.2 Å². The highest BCUT2D eigenvalue weighted by Gasteiger charge is 2.34. The van der Waals surface area contributed by atoms with E-state index in [2.05, 4.69) is 5.32 Å². The number of carbonyl (C=O) groups excluding carboxylic acids is 2. The van der Waals surface area contributed by atoms with Crippen molar-refractivity contribution in [3.63, 3.8) is 0 Å². The number of fused-ring (bicyclic) bond motifs is 1. The Morgan fingerprint density at radius 2 is 2.03 bits per heavy atom. The number of aromatic nitrogens is 3. The maximum absolute atomic E-state index is 12.6.